The molecule has 1 saturated heterocycles. The third-order valence-electron chi connectivity index (χ3n) is 3.41. The van der Waals surface area contributed by atoms with Gasteiger partial charge in [0.15, 0.2) is 0 Å². The number of nitrogens with zero attached hydrogens (tertiary/aromatic N) is 1. The summed E-state index contributed by atoms with van der Waals surface area (Å²) in [6.45, 7) is 4.91. The van der Waals surface area contributed by atoms with E-state index in [0.29, 0.717) is 25.4 Å². The van der Waals surface area contributed by atoms with Crippen molar-refractivity contribution in [2.24, 2.45) is 0 Å². The highest BCUT2D eigenvalue weighted by atomic mass is 32.2. The van der Waals surface area contributed by atoms with Crippen molar-refractivity contribution in [1.29, 1.82) is 0 Å². The van der Waals surface area contributed by atoms with Gasteiger partial charge in [-0.15, -0.1) is 0 Å². The summed E-state index contributed by atoms with van der Waals surface area (Å²) in [5.74, 6) is 0.112. The van der Waals surface area contributed by atoms with E-state index in [1.165, 1.54) is 4.31 Å². The molecular formula is C14H20N2O3S. The number of sulfonamides is 1. The largest absolute Gasteiger partial charge is 0.355 e. The van der Waals surface area contributed by atoms with Gasteiger partial charge in [0, 0.05) is 13.1 Å². The maximum absolute atomic E-state index is 12.5. The molecule has 110 valence electrons. The Bertz CT molecular complexity index is 579. The lowest BCUT2D eigenvalue weighted by molar-refractivity contribution is -0.120. The van der Waals surface area contributed by atoms with Crippen LogP contribution in [-0.4, -0.2) is 38.3 Å². The van der Waals surface area contributed by atoms with Crippen LogP contribution in [0.15, 0.2) is 29.2 Å². The lowest BCUT2D eigenvalue weighted by Crippen LogP contribution is -2.37. The normalized spacial score (nSPS) is 17.9. The van der Waals surface area contributed by atoms with Crippen LogP contribution in [0.1, 0.15) is 31.7 Å². The quantitative estimate of drug-likeness (QED) is 0.915. The van der Waals surface area contributed by atoms with Gasteiger partial charge in [-0.3, -0.25) is 4.79 Å². The standard InChI is InChI=1S/C14H20N2O3S/c1-11(2)12-4-6-13(7-5-12)20(18,19)16-9-3-8-15-14(17)10-16/h4-7,11H,3,8-10H2,1-2H3,(H,15,17). The van der Waals surface area contributed by atoms with Crippen molar-refractivity contribution < 1.29 is 13.2 Å². The first-order chi connectivity index (χ1) is 9.41. The highest BCUT2D eigenvalue weighted by Crippen LogP contribution is 2.20. The summed E-state index contributed by atoms with van der Waals surface area (Å²) >= 11 is 0. The summed E-state index contributed by atoms with van der Waals surface area (Å²) in [5.41, 5.74) is 1.09. The second-order valence-electron chi connectivity index (χ2n) is 5.27. The van der Waals surface area contributed by atoms with E-state index in [1.807, 2.05) is 12.1 Å². The molecule has 6 heteroatoms. The smallest absolute Gasteiger partial charge is 0.243 e. The van der Waals surface area contributed by atoms with Crippen molar-refractivity contribution in [3.8, 4) is 0 Å². The first-order valence-corrected chi connectivity index (χ1v) is 8.22. The fraction of sp³-hybridized carbons (Fsp3) is 0.500. The molecule has 1 aliphatic rings. The van der Waals surface area contributed by atoms with E-state index in [9.17, 15) is 13.2 Å². The van der Waals surface area contributed by atoms with E-state index in [-0.39, 0.29) is 17.3 Å². The van der Waals surface area contributed by atoms with Crippen molar-refractivity contribution in [3.05, 3.63) is 29.8 Å². The number of hydrogen-bond donors (Lipinski definition) is 1. The number of amides is 1. The fourth-order valence-corrected chi connectivity index (χ4v) is 3.59. The van der Waals surface area contributed by atoms with Gasteiger partial charge in [0.2, 0.25) is 15.9 Å². The number of carbonyl (C=O) groups excluding carboxylic acids is 1. The Hall–Kier alpha value is -1.40. The van der Waals surface area contributed by atoms with Crippen LogP contribution in [0.2, 0.25) is 0 Å². The Morgan fingerprint density at radius 1 is 1.20 bits per heavy atom. The van der Waals surface area contributed by atoms with E-state index in [2.05, 4.69) is 19.2 Å². The van der Waals surface area contributed by atoms with Crippen LogP contribution in [-0.2, 0) is 14.8 Å². The van der Waals surface area contributed by atoms with Gasteiger partial charge in [0.1, 0.15) is 0 Å². The van der Waals surface area contributed by atoms with Gasteiger partial charge in [-0.25, -0.2) is 8.42 Å². The summed E-state index contributed by atoms with van der Waals surface area (Å²) in [7, 11) is -3.59. The zero-order valence-corrected chi connectivity index (χ0v) is 12.6. The van der Waals surface area contributed by atoms with Crippen LogP contribution in [0.5, 0.6) is 0 Å². The SMILES string of the molecule is CC(C)c1ccc(S(=O)(=O)N2CCCNC(=O)C2)cc1. The van der Waals surface area contributed by atoms with Crippen molar-refractivity contribution in [3.63, 3.8) is 0 Å². The van der Waals surface area contributed by atoms with E-state index in [1.54, 1.807) is 12.1 Å². The lowest BCUT2D eigenvalue weighted by Gasteiger charge is -2.19. The molecule has 0 saturated carbocycles. The van der Waals surface area contributed by atoms with E-state index >= 15 is 0 Å². The first kappa shape index (κ1) is 15.0. The topological polar surface area (TPSA) is 66.5 Å². The molecule has 1 aromatic rings. The van der Waals surface area contributed by atoms with Crippen molar-refractivity contribution >= 4 is 15.9 Å². The van der Waals surface area contributed by atoms with Crippen LogP contribution in [0, 0.1) is 0 Å². The molecule has 0 radical (unpaired) electrons. The second kappa shape index (κ2) is 5.93. The third kappa shape index (κ3) is 3.19. The van der Waals surface area contributed by atoms with Gasteiger partial charge in [-0.2, -0.15) is 4.31 Å². The highest BCUT2D eigenvalue weighted by molar-refractivity contribution is 7.89. The average molecular weight is 296 g/mol. The zero-order valence-electron chi connectivity index (χ0n) is 11.8. The number of hydrogen-bond acceptors (Lipinski definition) is 3. The van der Waals surface area contributed by atoms with E-state index < -0.39 is 10.0 Å². The Balaban J connectivity index is 2.26. The Morgan fingerprint density at radius 3 is 2.45 bits per heavy atom. The second-order valence-corrected chi connectivity index (χ2v) is 7.20. The minimum atomic E-state index is -3.59. The molecule has 1 amide bonds. The Morgan fingerprint density at radius 2 is 1.85 bits per heavy atom. The predicted molar refractivity (Wildman–Crippen MR) is 76.9 cm³/mol. The van der Waals surface area contributed by atoms with Crippen molar-refractivity contribution in [2.45, 2.75) is 31.1 Å². The number of rotatable bonds is 3. The molecule has 1 aromatic carbocycles. The third-order valence-corrected chi connectivity index (χ3v) is 5.27. The molecule has 0 spiro atoms. The molecule has 1 fully saturated rings. The van der Waals surface area contributed by atoms with E-state index in [0.717, 1.165) is 5.56 Å². The maximum atomic E-state index is 12.5. The number of nitrogens with one attached hydrogen (secondary N) is 1. The number of benzene rings is 1. The summed E-state index contributed by atoms with van der Waals surface area (Å²) in [6.07, 6.45) is 0.634. The van der Waals surface area contributed by atoms with Crippen LogP contribution in [0.4, 0.5) is 0 Å². The van der Waals surface area contributed by atoms with E-state index in [4.69, 9.17) is 0 Å². The highest BCUT2D eigenvalue weighted by Gasteiger charge is 2.27. The molecule has 20 heavy (non-hydrogen) atoms. The van der Waals surface area contributed by atoms with Crippen LogP contribution < -0.4 is 5.32 Å². The monoisotopic (exact) mass is 296 g/mol. The van der Waals surface area contributed by atoms with Crippen LogP contribution >= 0.6 is 0 Å². The van der Waals surface area contributed by atoms with Gasteiger partial charge in [0.25, 0.3) is 0 Å². The molecule has 2 rings (SSSR count). The van der Waals surface area contributed by atoms with Crippen LogP contribution in [0.3, 0.4) is 0 Å². The molecule has 0 atom stereocenters. The van der Waals surface area contributed by atoms with Gasteiger partial charge in [-0.05, 0) is 30.0 Å². The maximum Gasteiger partial charge on any atom is 0.243 e. The van der Waals surface area contributed by atoms with Gasteiger partial charge in [0.05, 0.1) is 11.4 Å². The molecule has 0 aliphatic carbocycles. The molecule has 0 unspecified atom stereocenters. The molecule has 1 N–H and O–H groups in total. The minimum absolute atomic E-state index is 0.103. The summed E-state index contributed by atoms with van der Waals surface area (Å²) in [4.78, 5) is 11.7. The molecule has 5 nitrogen and oxygen atoms in total. The molecule has 0 aromatic heterocycles. The number of carbonyl (C=O) groups is 1. The van der Waals surface area contributed by atoms with Crippen molar-refractivity contribution in [2.75, 3.05) is 19.6 Å². The summed E-state index contributed by atoms with van der Waals surface area (Å²) in [5, 5.41) is 2.68. The molecule has 0 bridgehead atoms. The Labute approximate surface area is 120 Å². The average Bonchev–Trinajstić information content (AvgIpc) is 2.64. The van der Waals surface area contributed by atoms with Crippen LogP contribution in [0.25, 0.3) is 0 Å². The van der Waals surface area contributed by atoms with Gasteiger partial charge >= 0.3 is 0 Å². The van der Waals surface area contributed by atoms with Crippen molar-refractivity contribution in [1.82, 2.24) is 9.62 Å². The minimum Gasteiger partial charge on any atom is -0.355 e. The molecular weight excluding hydrogens is 276 g/mol. The fourth-order valence-electron chi connectivity index (χ4n) is 2.16. The Kier molecular flexibility index (Phi) is 4.45. The first-order valence-electron chi connectivity index (χ1n) is 6.78. The summed E-state index contributed by atoms with van der Waals surface area (Å²) < 4.78 is 26.3. The lowest BCUT2D eigenvalue weighted by atomic mass is 10.0. The van der Waals surface area contributed by atoms with Gasteiger partial charge in [-0.1, -0.05) is 26.0 Å². The predicted octanol–water partition coefficient (Wildman–Crippen LogP) is 1.32. The molecule has 1 heterocycles. The summed E-state index contributed by atoms with van der Waals surface area (Å²) in [6, 6.07) is 6.89. The zero-order chi connectivity index (χ0) is 14.8. The van der Waals surface area contributed by atoms with Gasteiger partial charge < -0.3 is 5.32 Å². The molecule has 1 aliphatic heterocycles.